The number of amides is 1. The van der Waals surface area contributed by atoms with Crippen molar-refractivity contribution in [3.63, 3.8) is 0 Å². The molecular weight excluding hydrogens is 402 g/mol. The van der Waals surface area contributed by atoms with Crippen LogP contribution in [-0.2, 0) is 0 Å². The van der Waals surface area contributed by atoms with Crippen LogP contribution < -0.4 is 11.0 Å². The summed E-state index contributed by atoms with van der Waals surface area (Å²) in [4.78, 5) is 34.0. The van der Waals surface area contributed by atoms with Gasteiger partial charge in [0.15, 0.2) is 0 Å². The maximum absolute atomic E-state index is 13.0. The third-order valence-corrected chi connectivity index (χ3v) is 5.04. The summed E-state index contributed by atoms with van der Waals surface area (Å²) in [5.41, 5.74) is 2.75. The number of pyridine rings is 2. The molecule has 3 heterocycles. The number of fused-ring (bicyclic) bond motifs is 1. The number of aromatic nitrogens is 3. The van der Waals surface area contributed by atoms with Crippen LogP contribution in [0.3, 0.4) is 0 Å². The van der Waals surface area contributed by atoms with Gasteiger partial charge in [0.2, 0.25) is 0 Å². The predicted molar refractivity (Wildman–Crippen MR) is 113 cm³/mol. The number of carbonyl (C=O) groups excluding carboxylic acids is 1. The summed E-state index contributed by atoms with van der Waals surface area (Å²) in [6.07, 6.45) is 4.51. The Hall–Kier alpha value is -3.98. The van der Waals surface area contributed by atoms with Crippen LogP contribution in [0.15, 0.2) is 93.0 Å². The Morgan fingerprint density at radius 1 is 1.10 bits per heavy atom. The Bertz CT molecular complexity index is 1310. The first kappa shape index (κ1) is 19.3. The fourth-order valence-electron chi connectivity index (χ4n) is 2.66. The zero-order valence-corrected chi connectivity index (χ0v) is 16.3. The number of hydrogen-bond donors (Lipinski definition) is 2. The summed E-state index contributed by atoms with van der Waals surface area (Å²) in [6, 6.07) is 16.8. The lowest BCUT2D eigenvalue weighted by molar-refractivity contribution is 0.0952. The van der Waals surface area contributed by atoms with Gasteiger partial charge in [-0.25, -0.2) is 15.4 Å². The summed E-state index contributed by atoms with van der Waals surface area (Å²) in [5.74, 6) is -0.763. The van der Waals surface area contributed by atoms with E-state index in [0.29, 0.717) is 15.7 Å². The van der Waals surface area contributed by atoms with Crippen LogP contribution in [0.4, 0.5) is 0 Å². The second-order valence-corrected chi connectivity index (χ2v) is 7.06. The molecule has 0 aliphatic carbocycles. The van der Waals surface area contributed by atoms with Crippen molar-refractivity contribution >= 4 is 29.5 Å². The molecule has 3 aromatic heterocycles. The molecule has 2 N–H and O–H groups in total. The number of para-hydroxylation sites is 1. The molecule has 0 aliphatic heterocycles. The Morgan fingerprint density at radius 2 is 1.90 bits per heavy atom. The van der Waals surface area contributed by atoms with E-state index < -0.39 is 5.91 Å². The molecule has 0 bridgehead atoms. The van der Waals surface area contributed by atoms with E-state index in [9.17, 15) is 14.7 Å². The van der Waals surface area contributed by atoms with E-state index in [4.69, 9.17) is 0 Å². The maximum atomic E-state index is 13.0. The van der Waals surface area contributed by atoms with Gasteiger partial charge < -0.3 is 5.11 Å². The van der Waals surface area contributed by atoms with Gasteiger partial charge in [-0.1, -0.05) is 24.3 Å². The van der Waals surface area contributed by atoms with Crippen molar-refractivity contribution in [3.8, 4) is 5.75 Å². The van der Waals surface area contributed by atoms with E-state index in [1.165, 1.54) is 34.5 Å². The standard InChI is InChI=1S/C21H15N5O3S/c27-16-8-2-1-7-14(16)19(28)25-23-13-15-20(30-18-10-3-5-11-22-18)24-17-9-4-6-12-26(17)21(15)29/h1-13,27H,(H,25,28)/b23-13+. The Kier molecular flexibility index (Phi) is 5.53. The molecule has 0 spiro atoms. The van der Waals surface area contributed by atoms with Crippen molar-refractivity contribution in [3.05, 3.63) is 94.5 Å². The number of hydrogen-bond acceptors (Lipinski definition) is 7. The maximum Gasteiger partial charge on any atom is 0.275 e. The van der Waals surface area contributed by atoms with Crippen LogP contribution in [0.1, 0.15) is 15.9 Å². The molecule has 148 valence electrons. The zero-order chi connectivity index (χ0) is 20.9. The van der Waals surface area contributed by atoms with Gasteiger partial charge in [0.05, 0.1) is 17.3 Å². The van der Waals surface area contributed by atoms with Gasteiger partial charge >= 0.3 is 0 Å². The average Bonchev–Trinajstić information content (AvgIpc) is 2.77. The van der Waals surface area contributed by atoms with E-state index in [-0.39, 0.29) is 22.4 Å². The monoisotopic (exact) mass is 417 g/mol. The number of benzene rings is 1. The van der Waals surface area contributed by atoms with E-state index in [1.807, 2.05) is 6.07 Å². The third-order valence-electron chi connectivity index (χ3n) is 4.08. The highest BCUT2D eigenvalue weighted by Crippen LogP contribution is 2.25. The van der Waals surface area contributed by atoms with Crippen LogP contribution in [0.5, 0.6) is 5.75 Å². The first-order chi connectivity index (χ1) is 14.6. The van der Waals surface area contributed by atoms with E-state index >= 15 is 0 Å². The lowest BCUT2D eigenvalue weighted by Gasteiger charge is -2.07. The normalized spacial score (nSPS) is 11.1. The molecule has 4 aromatic rings. The summed E-state index contributed by atoms with van der Waals surface area (Å²) < 4.78 is 1.40. The Balaban J connectivity index is 1.69. The highest BCUT2D eigenvalue weighted by Gasteiger charge is 2.14. The predicted octanol–water partition coefficient (Wildman–Crippen LogP) is 2.71. The molecule has 8 nitrogen and oxygen atoms in total. The highest BCUT2D eigenvalue weighted by molar-refractivity contribution is 7.99. The molecule has 0 fully saturated rings. The van der Waals surface area contributed by atoms with Crippen LogP contribution in [0, 0.1) is 0 Å². The molecule has 0 saturated heterocycles. The smallest absolute Gasteiger partial charge is 0.275 e. The molecule has 0 aliphatic rings. The second-order valence-electron chi connectivity index (χ2n) is 6.05. The molecule has 30 heavy (non-hydrogen) atoms. The van der Waals surface area contributed by atoms with Gasteiger partial charge in [0.1, 0.15) is 21.4 Å². The van der Waals surface area contributed by atoms with E-state index in [2.05, 4.69) is 20.5 Å². The second kappa shape index (κ2) is 8.58. The number of carbonyl (C=O) groups is 1. The fourth-order valence-corrected chi connectivity index (χ4v) is 3.51. The van der Waals surface area contributed by atoms with Gasteiger partial charge in [-0.3, -0.25) is 14.0 Å². The van der Waals surface area contributed by atoms with E-state index in [1.54, 1.807) is 54.9 Å². The summed E-state index contributed by atoms with van der Waals surface area (Å²) in [6.45, 7) is 0. The molecule has 0 radical (unpaired) electrons. The quantitative estimate of drug-likeness (QED) is 0.294. The van der Waals surface area contributed by atoms with Crippen molar-refractivity contribution in [2.24, 2.45) is 5.10 Å². The lowest BCUT2D eigenvalue weighted by Crippen LogP contribution is -2.23. The minimum Gasteiger partial charge on any atom is -0.507 e. The van der Waals surface area contributed by atoms with Gasteiger partial charge in [0, 0.05) is 12.4 Å². The number of nitrogens with one attached hydrogen (secondary N) is 1. The fraction of sp³-hybridized carbons (Fsp3) is 0. The molecule has 0 unspecified atom stereocenters. The summed E-state index contributed by atoms with van der Waals surface area (Å²) >= 11 is 1.22. The van der Waals surface area contributed by atoms with Gasteiger partial charge in [-0.05, 0) is 48.2 Å². The Labute approximate surface area is 174 Å². The molecule has 4 rings (SSSR count). The number of phenols is 1. The van der Waals surface area contributed by atoms with Crippen molar-refractivity contribution in [2.75, 3.05) is 0 Å². The highest BCUT2D eigenvalue weighted by atomic mass is 32.2. The molecule has 1 aromatic carbocycles. The molecule has 0 saturated carbocycles. The number of rotatable bonds is 5. The molecule has 0 atom stereocenters. The van der Waals surface area contributed by atoms with E-state index in [0.717, 1.165) is 0 Å². The van der Waals surface area contributed by atoms with Crippen molar-refractivity contribution in [1.29, 1.82) is 0 Å². The molecule has 9 heteroatoms. The first-order valence-electron chi connectivity index (χ1n) is 8.85. The van der Waals surface area contributed by atoms with Crippen LogP contribution in [-0.4, -0.2) is 31.6 Å². The lowest BCUT2D eigenvalue weighted by atomic mass is 10.2. The van der Waals surface area contributed by atoms with Crippen molar-refractivity contribution < 1.29 is 9.90 Å². The number of phenolic OH excluding ortho intramolecular Hbond substituents is 1. The van der Waals surface area contributed by atoms with Gasteiger partial charge in [0.25, 0.3) is 11.5 Å². The largest absolute Gasteiger partial charge is 0.507 e. The minimum absolute atomic E-state index is 0.0751. The number of nitrogens with zero attached hydrogens (tertiary/aromatic N) is 4. The van der Waals surface area contributed by atoms with Crippen LogP contribution in [0.2, 0.25) is 0 Å². The molecule has 1 amide bonds. The average molecular weight is 417 g/mol. The van der Waals surface area contributed by atoms with Gasteiger partial charge in [-0.2, -0.15) is 5.10 Å². The Morgan fingerprint density at radius 3 is 2.70 bits per heavy atom. The summed E-state index contributed by atoms with van der Waals surface area (Å²) in [7, 11) is 0. The zero-order valence-electron chi connectivity index (χ0n) is 15.5. The van der Waals surface area contributed by atoms with Crippen molar-refractivity contribution in [1.82, 2.24) is 19.8 Å². The van der Waals surface area contributed by atoms with Gasteiger partial charge in [-0.15, -0.1) is 0 Å². The first-order valence-corrected chi connectivity index (χ1v) is 9.67. The van der Waals surface area contributed by atoms with Crippen molar-refractivity contribution in [2.45, 2.75) is 10.1 Å². The summed E-state index contributed by atoms with van der Waals surface area (Å²) in [5, 5.41) is 14.8. The van der Waals surface area contributed by atoms with Crippen LogP contribution in [0.25, 0.3) is 5.65 Å². The topological polar surface area (TPSA) is 109 Å². The third kappa shape index (κ3) is 4.06. The minimum atomic E-state index is -0.600. The van der Waals surface area contributed by atoms with Crippen LogP contribution >= 0.6 is 11.8 Å². The number of hydrazone groups is 1. The number of aromatic hydroxyl groups is 1. The molecular formula is C21H15N5O3S. The SMILES string of the molecule is O=C(N/N=C/c1c(Sc2ccccn2)nc2ccccn2c1=O)c1ccccc1O.